The Labute approximate surface area is 256 Å². The van der Waals surface area contributed by atoms with Crippen LogP contribution in [0, 0.1) is 18.6 Å². The molecule has 0 aliphatic carbocycles. The number of aryl methyl sites for hydroxylation is 1. The molecule has 0 spiro atoms. The van der Waals surface area contributed by atoms with Gasteiger partial charge in [-0.2, -0.15) is 0 Å². The molecule has 1 aliphatic rings. The highest BCUT2D eigenvalue weighted by molar-refractivity contribution is 6.38. The summed E-state index contributed by atoms with van der Waals surface area (Å²) in [5.74, 6) is -3.91. The predicted octanol–water partition coefficient (Wildman–Crippen LogP) is 5.02. The number of anilines is 2. The predicted molar refractivity (Wildman–Crippen MR) is 161 cm³/mol. The van der Waals surface area contributed by atoms with Crippen molar-refractivity contribution in [2.75, 3.05) is 37.4 Å². The van der Waals surface area contributed by atoms with E-state index < -0.39 is 47.3 Å². The fraction of sp³-hybridized carbons (Fsp3) is 0.400. The molecule has 2 heterocycles. The monoisotopic (exact) mass is 634 g/mol. The highest BCUT2D eigenvalue weighted by Crippen LogP contribution is 2.41. The van der Waals surface area contributed by atoms with E-state index in [1.165, 1.54) is 22.5 Å². The number of aromatic nitrogens is 1. The number of nitrogen functional groups attached to an aromatic ring is 1. The summed E-state index contributed by atoms with van der Waals surface area (Å²) in [6, 6.07) is 1.88. The number of aromatic carboxylic acids is 1. The average Bonchev–Trinajstić information content (AvgIpc) is 2.94. The van der Waals surface area contributed by atoms with Crippen molar-refractivity contribution in [1.29, 1.82) is 0 Å². The number of ether oxygens (including phenoxy) is 2. The van der Waals surface area contributed by atoms with Gasteiger partial charge in [0.25, 0.3) is 0 Å². The number of carbonyl (C=O) groups excluding carboxylic acids is 2. The molecule has 1 aromatic heterocycles. The summed E-state index contributed by atoms with van der Waals surface area (Å²) in [6.07, 6.45) is 3.15. The Balaban J connectivity index is 1.84. The van der Waals surface area contributed by atoms with Crippen LogP contribution in [0.1, 0.15) is 54.6 Å². The van der Waals surface area contributed by atoms with E-state index in [-0.39, 0.29) is 63.2 Å². The second-order valence-corrected chi connectivity index (χ2v) is 11.0. The normalized spacial score (nSPS) is 13.1. The number of carboxylic acid groups (broad SMARTS) is 1. The topological polar surface area (TPSA) is 144 Å². The largest absolute Gasteiger partial charge is 0.477 e. The first kappa shape index (κ1) is 32.5. The minimum atomic E-state index is -1.59. The number of amides is 1. The van der Waals surface area contributed by atoms with Crippen LogP contribution in [0.15, 0.2) is 23.1 Å². The Bertz CT molecular complexity index is 1710. The van der Waals surface area contributed by atoms with E-state index in [1.807, 2.05) is 6.92 Å². The number of hydrogen-bond donors (Lipinski definition) is 2. The average molecular weight is 635 g/mol. The van der Waals surface area contributed by atoms with E-state index in [0.717, 1.165) is 38.4 Å². The maximum atomic E-state index is 16.0. The number of pyridine rings is 1. The number of benzene rings is 2. The van der Waals surface area contributed by atoms with Crippen LogP contribution in [0.2, 0.25) is 5.02 Å². The standard InChI is InChI=1S/C30H33ClF2N4O7/c1-5-6-7-8-43-30(42)35(4)18-11-36(12-18)27-24(31)26-23(15(2)25(27)33)28(39)19(29(40)41)13-37(26)22-10-21(34)20(32)9-17(22)14-44-16(3)38/h9-10,13,18H,5-8,11-12,14,34H2,1-4H3,(H,40,41). The van der Waals surface area contributed by atoms with Gasteiger partial charge < -0.3 is 34.7 Å². The van der Waals surface area contributed by atoms with Crippen molar-refractivity contribution >= 4 is 51.9 Å². The molecule has 1 amide bonds. The number of esters is 1. The van der Waals surface area contributed by atoms with E-state index in [2.05, 4.69) is 0 Å². The van der Waals surface area contributed by atoms with Crippen molar-refractivity contribution in [1.82, 2.24) is 9.47 Å². The first-order valence-corrected chi connectivity index (χ1v) is 14.3. The van der Waals surface area contributed by atoms with Crippen molar-refractivity contribution in [2.24, 2.45) is 0 Å². The van der Waals surface area contributed by atoms with E-state index >= 15 is 4.39 Å². The fourth-order valence-electron chi connectivity index (χ4n) is 5.08. The molecule has 1 fully saturated rings. The maximum Gasteiger partial charge on any atom is 0.409 e. The zero-order valence-corrected chi connectivity index (χ0v) is 25.5. The smallest absolute Gasteiger partial charge is 0.409 e. The number of halogens is 3. The molecular weight excluding hydrogens is 602 g/mol. The van der Waals surface area contributed by atoms with Crippen molar-refractivity contribution in [3.05, 3.63) is 61.9 Å². The second kappa shape index (κ2) is 13.1. The first-order chi connectivity index (χ1) is 20.8. The minimum Gasteiger partial charge on any atom is -0.477 e. The third-order valence-corrected chi connectivity index (χ3v) is 8.00. The molecule has 0 bridgehead atoms. The number of hydrogen-bond acceptors (Lipinski definition) is 8. The van der Waals surface area contributed by atoms with E-state index in [4.69, 9.17) is 26.8 Å². The van der Waals surface area contributed by atoms with Gasteiger partial charge in [-0.1, -0.05) is 31.4 Å². The van der Waals surface area contributed by atoms with Gasteiger partial charge in [0.2, 0.25) is 5.43 Å². The van der Waals surface area contributed by atoms with Gasteiger partial charge in [-0.05, 0) is 25.5 Å². The number of rotatable bonds is 10. The fourth-order valence-corrected chi connectivity index (χ4v) is 5.47. The summed E-state index contributed by atoms with van der Waals surface area (Å²) in [6.45, 7) is 4.78. The Morgan fingerprint density at radius 1 is 1.18 bits per heavy atom. The molecule has 1 aliphatic heterocycles. The van der Waals surface area contributed by atoms with E-state index in [9.17, 15) is 28.7 Å². The number of nitrogens with zero attached hydrogens (tertiary/aromatic N) is 3. The summed E-state index contributed by atoms with van der Waals surface area (Å²) >= 11 is 6.84. The van der Waals surface area contributed by atoms with Crippen LogP contribution in [0.25, 0.3) is 16.6 Å². The van der Waals surface area contributed by atoms with Gasteiger partial charge in [-0.3, -0.25) is 9.59 Å². The SMILES string of the molecule is CCCCCOC(=O)N(C)C1CN(c2c(F)c(C)c3c(=O)c(C(=O)O)cn(-c4cc(N)c(F)cc4COC(C)=O)c3c2Cl)C1. The zero-order valence-electron chi connectivity index (χ0n) is 24.7. The van der Waals surface area contributed by atoms with E-state index in [0.29, 0.717) is 6.61 Å². The lowest BCUT2D eigenvalue weighted by atomic mass is 10.00. The highest BCUT2D eigenvalue weighted by Gasteiger charge is 2.37. The molecule has 0 saturated carbocycles. The van der Waals surface area contributed by atoms with Crippen LogP contribution in [0.5, 0.6) is 0 Å². The van der Waals surface area contributed by atoms with Crippen molar-refractivity contribution in [2.45, 2.75) is 52.7 Å². The van der Waals surface area contributed by atoms with Crippen LogP contribution in [-0.2, 0) is 20.9 Å². The quantitative estimate of drug-likeness (QED) is 0.178. The molecule has 3 aromatic rings. The molecule has 0 atom stereocenters. The van der Waals surface area contributed by atoms with Crippen LogP contribution >= 0.6 is 11.6 Å². The van der Waals surface area contributed by atoms with Crippen LogP contribution in [0.4, 0.5) is 25.0 Å². The lowest BCUT2D eigenvalue weighted by Crippen LogP contribution is -2.60. The Kier molecular flexibility index (Phi) is 9.67. The second-order valence-electron chi connectivity index (χ2n) is 10.6. The first-order valence-electron chi connectivity index (χ1n) is 13.9. The third-order valence-electron chi connectivity index (χ3n) is 7.64. The summed E-state index contributed by atoms with van der Waals surface area (Å²) in [7, 11) is 1.59. The molecule has 11 nitrogen and oxygen atoms in total. The summed E-state index contributed by atoms with van der Waals surface area (Å²) in [5.41, 5.74) is 3.71. The molecule has 44 heavy (non-hydrogen) atoms. The zero-order chi connectivity index (χ0) is 32.5. The van der Waals surface area contributed by atoms with Gasteiger partial charge >= 0.3 is 18.0 Å². The lowest BCUT2D eigenvalue weighted by molar-refractivity contribution is -0.142. The van der Waals surface area contributed by atoms with Crippen LogP contribution < -0.4 is 16.1 Å². The number of carboxylic acids is 1. The molecule has 14 heteroatoms. The van der Waals surface area contributed by atoms with E-state index in [1.54, 1.807) is 11.9 Å². The Morgan fingerprint density at radius 2 is 1.86 bits per heavy atom. The molecule has 0 radical (unpaired) electrons. The molecule has 1 saturated heterocycles. The van der Waals surface area contributed by atoms with Gasteiger partial charge in [-0.15, -0.1) is 0 Å². The summed E-state index contributed by atoms with van der Waals surface area (Å²) < 4.78 is 42.1. The molecular formula is C30H33ClF2N4O7. The maximum absolute atomic E-state index is 16.0. The lowest BCUT2D eigenvalue weighted by Gasteiger charge is -2.45. The number of likely N-dealkylation sites (N-methyl/N-ethyl adjacent to an activating group) is 1. The number of nitrogens with two attached hydrogens (primary N) is 1. The van der Waals surface area contributed by atoms with Gasteiger partial charge in [-0.25, -0.2) is 18.4 Å². The summed E-state index contributed by atoms with van der Waals surface area (Å²) in [4.78, 5) is 52.5. The molecule has 2 aromatic carbocycles. The third kappa shape index (κ3) is 6.14. The van der Waals surface area contributed by atoms with Gasteiger partial charge in [0.15, 0.2) is 5.82 Å². The molecule has 3 N–H and O–H groups in total. The van der Waals surface area contributed by atoms with Gasteiger partial charge in [0.05, 0.1) is 45.6 Å². The van der Waals surface area contributed by atoms with Crippen molar-refractivity contribution in [3.63, 3.8) is 0 Å². The molecule has 236 valence electrons. The summed E-state index contributed by atoms with van der Waals surface area (Å²) in [5, 5.41) is 9.30. The van der Waals surface area contributed by atoms with Gasteiger partial charge in [0, 0.05) is 44.4 Å². The molecule has 0 unspecified atom stereocenters. The number of fused-ring (bicyclic) bond motifs is 1. The molecule has 4 rings (SSSR count). The van der Waals surface area contributed by atoms with Crippen molar-refractivity contribution < 1.29 is 37.7 Å². The van der Waals surface area contributed by atoms with Crippen LogP contribution in [0.3, 0.4) is 0 Å². The Morgan fingerprint density at radius 3 is 2.48 bits per heavy atom. The number of carbonyl (C=O) groups is 3. The number of unbranched alkanes of at least 4 members (excludes halogenated alkanes) is 2. The van der Waals surface area contributed by atoms with Gasteiger partial charge in [0.1, 0.15) is 18.0 Å². The van der Waals surface area contributed by atoms with Crippen molar-refractivity contribution in [3.8, 4) is 5.69 Å². The Hall–Kier alpha value is -4.39. The minimum absolute atomic E-state index is 0.0576. The van der Waals surface area contributed by atoms with Crippen LogP contribution in [-0.4, -0.2) is 65.4 Å². The highest BCUT2D eigenvalue weighted by atomic mass is 35.5.